The van der Waals surface area contributed by atoms with Crippen molar-refractivity contribution >= 4 is 62.6 Å². The maximum Gasteiger partial charge on any atom is 0.240 e. The predicted molar refractivity (Wildman–Crippen MR) is 141 cm³/mol. The lowest BCUT2D eigenvalue weighted by molar-refractivity contribution is -0.122. The number of Topliss-reactive ketones (excluding diaryl/α,β-unsaturated/α-hetero) is 1. The number of anilines is 2. The number of nitrogens with zero attached hydrogens (tertiary/aromatic N) is 2. The fourth-order valence-corrected chi connectivity index (χ4v) is 6.10. The number of ether oxygens (including phenoxy) is 1. The SMILES string of the molecule is COc1ccccc1N1C(=O)[C@@H]2[C@H](C1=O)[C@@H]1C=Cc3ccc(Cl)cc3N1[C@@H]2C(=O)c1ccc(Br)cc1. The molecular weight excluding hydrogens is 544 g/mol. The number of hydrogen-bond acceptors (Lipinski definition) is 5. The number of benzene rings is 3. The average Bonchev–Trinajstić information content (AvgIpc) is 3.36. The summed E-state index contributed by atoms with van der Waals surface area (Å²) in [7, 11) is 1.50. The Labute approximate surface area is 221 Å². The molecule has 6 nitrogen and oxygen atoms in total. The van der Waals surface area contributed by atoms with E-state index in [9.17, 15) is 14.4 Å². The first-order chi connectivity index (χ1) is 17.4. The van der Waals surface area contributed by atoms with Crippen LogP contribution in [0.1, 0.15) is 15.9 Å². The van der Waals surface area contributed by atoms with Crippen molar-refractivity contribution in [3.05, 3.63) is 93.4 Å². The summed E-state index contributed by atoms with van der Waals surface area (Å²) in [4.78, 5) is 45.0. The van der Waals surface area contributed by atoms with Crippen molar-refractivity contribution in [2.45, 2.75) is 12.1 Å². The first-order valence-electron chi connectivity index (χ1n) is 11.5. The Hall–Kier alpha value is -3.42. The number of methoxy groups -OCH3 is 1. The van der Waals surface area contributed by atoms with E-state index in [4.69, 9.17) is 16.3 Å². The third-order valence-corrected chi connectivity index (χ3v) is 7.96. The smallest absolute Gasteiger partial charge is 0.240 e. The molecule has 3 aromatic carbocycles. The van der Waals surface area contributed by atoms with Gasteiger partial charge in [-0.2, -0.15) is 0 Å². The van der Waals surface area contributed by atoms with E-state index >= 15 is 0 Å². The van der Waals surface area contributed by atoms with Gasteiger partial charge in [-0.25, -0.2) is 4.90 Å². The van der Waals surface area contributed by atoms with Crippen LogP contribution in [0.4, 0.5) is 11.4 Å². The Bertz CT molecular complexity index is 1450. The molecule has 0 aliphatic carbocycles. The first-order valence-corrected chi connectivity index (χ1v) is 12.6. The lowest BCUT2D eigenvalue weighted by Crippen LogP contribution is -2.48. The lowest BCUT2D eigenvalue weighted by atomic mass is 9.86. The summed E-state index contributed by atoms with van der Waals surface area (Å²) >= 11 is 9.76. The van der Waals surface area contributed by atoms with Gasteiger partial charge in [-0.05, 0) is 42.0 Å². The molecule has 6 rings (SSSR count). The summed E-state index contributed by atoms with van der Waals surface area (Å²) in [5.41, 5.74) is 2.47. The number of ketones is 1. The quantitative estimate of drug-likeness (QED) is 0.315. The summed E-state index contributed by atoms with van der Waals surface area (Å²) < 4.78 is 6.28. The summed E-state index contributed by atoms with van der Waals surface area (Å²) in [5, 5.41) is 0.517. The number of halogens is 2. The van der Waals surface area contributed by atoms with Crippen LogP contribution in [-0.4, -0.2) is 36.8 Å². The second-order valence-corrected chi connectivity index (χ2v) is 10.4. The topological polar surface area (TPSA) is 66.9 Å². The molecule has 8 heteroatoms. The number of para-hydroxylation sites is 2. The summed E-state index contributed by atoms with van der Waals surface area (Å²) in [5.74, 6) is -2.14. The van der Waals surface area contributed by atoms with Crippen LogP contribution >= 0.6 is 27.5 Å². The van der Waals surface area contributed by atoms with Gasteiger partial charge in [0.1, 0.15) is 11.8 Å². The maximum atomic E-state index is 14.0. The van der Waals surface area contributed by atoms with E-state index in [1.54, 1.807) is 60.7 Å². The Kier molecular flexibility index (Phi) is 5.50. The molecule has 4 atom stereocenters. The monoisotopic (exact) mass is 562 g/mol. The molecule has 0 saturated carbocycles. The first kappa shape index (κ1) is 23.0. The third-order valence-electron chi connectivity index (χ3n) is 7.19. The number of amides is 2. The van der Waals surface area contributed by atoms with E-state index in [2.05, 4.69) is 15.9 Å². The number of hydrogen-bond donors (Lipinski definition) is 0. The number of rotatable bonds is 4. The van der Waals surface area contributed by atoms with Gasteiger partial charge in [-0.15, -0.1) is 0 Å². The number of carbonyl (C=O) groups excluding carboxylic acids is 3. The van der Waals surface area contributed by atoms with Crippen LogP contribution in [0.3, 0.4) is 0 Å². The minimum atomic E-state index is -0.875. The van der Waals surface area contributed by atoms with Gasteiger partial charge in [-0.3, -0.25) is 14.4 Å². The van der Waals surface area contributed by atoms with Crippen molar-refractivity contribution in [2.75, 3.05) is 16.9 Å². The summed E-state index contributed by atoms with van der Waals surface area (Å²) in [6.07, 6.45) is 3.85. The minimum absolute atomic E-state index is 0.218. The third kappa shape index (κ3) is 3.33. The molecule has 0 bridgehead atoms. The van der Waals surface area contributed by atoms with Crippen molar-refractivity contribution in [3.63, 3.8) is 0 Å². The van der Waals surface area contributed by atoms with Gasteiger partial charge in [-0.1, -0.05) is 70.0 Å². The van der Waals surface area contributed by atoms with Gasteiger partial charge in [0.05, 0.1) is 30.7 Å². The molecule has 0 spiro atoms. The molecule has 2 saturated heterocycles. The average molecular weight is 564 g/mol. The Morgan fingerprint density at radius 1 is 0.944 bits per heavy atom. The van der Waals surface area contributed by atoms with Gasteiger partial charge >= 0.3 is 0 Å². The minimum Gasteiger partial charge on any atom is -0.495 e. The zero-order valence-corrected chi connectivity index (χ0v) is 21.4. The van der Waals surface area contributed by atoms with Crippen LogP contribution in [0.15, 0.2) is 77.3 Å². The van der Waals surface area contributed by atoms with Gasteiger partial charge in [0.15, 0.2) is 5.78 Å². The van der Waals surface area contributed by atoms with Gasteiger partial charge in [0.25, 0.3) is 0 Å². The van der Waals surface area contributed by atoms with E-state index in [0.717, 1.165) is 15.7 Å². The van der Waals surface area contributed by atoms with Gasteiger partial charge in [0, 0.05) is 20.7 Å². The molecule has 2 fully saturated rings. The molecule has 0 N–H and O–H groups in total. The van der Waals surface area contributed by atoms with E-state index in [-0.39, 0.29) is 11.7 Å². The molecule has 0 aromatic heterocycles. The van der Waals surface area contributed by atoms with E-state index in [1.807, 2.05) is 23.1 Å². The van der Waals surface area contributed by atoms with E-state index in [0.29, 0.717) is 22.0 Å². The second kappa shape index (κ2) is 8.61. The molecule has 3 heterocycles. The second-order valence-electron chi connectivity index (χ2n) is 9.01. The highest BCUT2D eigenvalue weighted by molar-refractivity contribution is 9.10. The number of carbonyl (C=O) groups is 3. The Morgan fingerprint density at radius 2 is 1.67 bits per heavy atom. The fourth-order valence-electron chi connectivity index (χ4n) is 5.67. The highest BCUT2D eigenvalue weighted by atomic mass is 79.9. The van der Waals surface area contributed by atoms with E-state index in [1.165, 1.54) is 12.0 Å². The highest BCUT2D eigenvalue weighted by Gasteiger charge is 2.64. The van der Waals surface area contributed by atoms with Gasteiger partial charge < -0.3 is 9.64 Å². The molecule has 0 unspecified atom stereocenters. The zero-order chi connectivity index (χ0) is 25.1. The zero-order valence-electron chi connectivity index (χ0n) is 19.1. The standard InChI is InChI=1S/C28H20BrClN2O4/c1-36-22-5-3-2-4-19(22)32-27(34)23-20-13-9-15-8-12-18(30)14-21(15)31(20)25(24(23)28(32)35)26(33)16-6-10-17(29)11-7-16/h2-14,20,23-25H,1H3/t20-,23+,24+,25-/m0/s1. The van der Waals surface area contributed by atoms with Crippen LogP contribution in [0, 0.1) is 11.8 Å². The van der Waals surface area contributed by atoms with Crippen LogP contribution in [-0.2, 0) is 9.59 Å². The summed E-state index contributed by atoms with van der Waals surface area (Å²) in [6, 6.07) is 18.1. The number of imide groups is 1. The maximum absolute atomic E-state index is 14.0. The predicted octanol–water partition coefficient (Wildman–Crippen LogP) is 5.38. The molecule has 2 amide bonds. The Morgan fingerprint density at radius 3 is 2.42 bits per heavy atom. The van der Waals surface area contributed by atoms with E-state index < -0.39 is 29.8 Å². The van der Waals surface area contributed by atoms with Crippen molar-refractivity contribution < 1.29 is 19.1 Å². The molecule has 3 aliphatic rings. The molecule has 180 valence electrons. The van der Waals surface area contributed by atoms with Crippen molar-refractivity contribution in [3.8, 4) is 5.75 Å². The van der Waals surface area contributed by atoms with Crippen LogP contribution in [0.25, 0.3) is 6.08 Å². The largest absolute Gasteiger partial charge is 0.495 e. The van der Waals surface area contributed by atoms with Crippen LogP contribution in [0.2, 0.25) is 5.02 Å². The van der Waals surface area contributed by atoms with Crippen LogP contribution in [0.5, 0.6) is 5.75 Å². The van der Waals surface area contributed by atoms with Gasteiger partial charge in [0.2, 0.25) is 11.8 Å². The Balaban J connectivity index is 1.51. The molecular formula is C28H20BrClN2O4. The number of fused-ring (bicyclic) bond motifs is 5. The normalized spacial score (nSPS) is 24.0. The van der Waals surface area contributed by atoms with Crippen molar-refractivity contribution in [2.24, 2.45) is 11.8 Å². The summed E-state index contributed by atoms with van der Waals surface area (Å²) in [6.45, 7) is 0. The molecule has 3 aliphatic heterocycles. The molecule has 36 heavy (non-hydrogen) atoms. The lowest BCUT2D eigenvalue weighted by Gasteiger charge is -2.36. The highest BCUT2D eigenvalue weighted by Crippen LogP contribution is 2.51. The molecule has 0 radical (unpaired) electrons. The van der Waals surface area contributed by atoms with Crippen LogP contribution < -0.4 is 14.5 Å². The fraction of sp³-hybridized carbons (Fsp3) is 0.179. The molecule has 3 aromatic rings. The van der Waals surface area contributed by atoms with Crippen molar-refractivity contribution in [1.29, 1.82) is 0 Å². The van der Waals surface area contributed by atoms with Crippen molar-refractivity contribution in [1.82, 2.24) is 0 Å².